The van der Waals surface area contributed by atoms with Gasteiger partial charge in [-0.05, 0) is 36.8 Å². The predicted molar refractivity (Wildman–Crippen MR) is 76.0 cm³/mol. The zero-order chi connectivity index (χ0) is 13.8. The van der Waals surface area contributed by atoms with Crippen molar-refractivity contribution in [3.05, 3.63) is 53.7 Å². The summed E-state index contributed by atoms with van der Waals surface area (Å²) in [6.45, 7) is 1.99. The molecule has 0 spiro atoms. The molecule has 1 heterocycles. The normalized spacial score (nSPS) is 10.1. The number of nitrogens with two attached hydrogens (primary N) is 1. The van der Waals surface area contributed by atoms with Crippen LogP contribution in [0.4, 0.5) is 11.5 Å². The quantitative estimate of drug-likeness (QED) is 0.650. The summed E-state index contributed by atoms with van der Waals surface area (Å²) in [7, 11) is 1.74. The summed E-state index contributed by atoms with van der Waals surface area (Å²) < 4.78 is 0. The van der Waals surface area contributed by atoms with Crippen LogP contribution in [-0.4, -0.2) is 17.9 Å². The van der Waals surface area contributed by atoms with Crippen molar-refractivity contribution < 1.29 is 4.79 Å². The van der Waals surface area contributed by atoms with E-state index >= 15 is 0 Å². The van der Waals surface area contributed by atoms with Crippen LogP contribution in [0.2, 0.25) is 0 Å². The molecule has 19 heavy (non-hydrogen) atoms. The Labute approximate surface area is 112 Å². The third-order valence-corrected chi connectivity index (χ3v) is 2.85. The van der Waals surface area contributed by atoms with Gasteiger partial charge >= 0.3 is 0 Å². The zero-order valence-corrected chi connectivity index (χ0v) is 10.9. The number of rotatable bonds is 3. The summed E-state index contributed by atoms with van der Waals surface area (Å²) in [5.41, 5.74) is 4.92. The molecule has 0 saturated carbocycles. The lowest BCUT2D eigenvalue weighted by Gasteiger charge is -2.18. The van der Waals surface area contributed by atoms with E-state index in [1.807, 2.05) is 31.2 Å². The number of nitrogen functional groups attached to an aromatic ring is 1. The molecule has 5 heteroatoms. The number of aromatic nitrogens is 1. The summed E-state index contributed by atoms with van der Waals surface area (Å²) in [4.78, 5) is 17.9. The summed E-state index contributed by atoms with van der Waals surface area (Å²) in [6.07, 6.45) is 1.55. The van der Waals surface area contributed by atoms with Gasteiger partial charge in [-0.3, -0.25) is 4.79 Å². The highest BCUT2D eigenvalue weighted by Gasteiger charge is 2.14. The van der Waals surface area contributed by atoms with Crippen LogP contribution in [0.5, 0.6) is 0 Å². The van der Waals surface area contributed by atoms with Crippen molar-refractivity contribution in [3.63, 3.8) is 0 Å². The van der Waals surface area contributed by atoms with Gasteiger partial charge in [0, 0.05) is 24.5 Å². The number of hydrogen-bond donors (Lipinski definition) is 2. The van der Waals surface area contributed by atoms with Crippen LogP contribution in [0.1, 0.15) is 15.9 Å². The van der Waals surface area contributed by atoms with Crippen molar-refractivity contribution in [2.24, 2.45) is 5.84 Å². The van der Waals surface area contributed by atoms with Gasteiger partial charge in [0.15, 0.2) is 0 Å². The molecule has 3 N–H and O–H groups in total. The highest BCUT2D eigenvalue weighted by atomic mass is 16.2. The summed E-state index contributed by atoms with van der Waals surface area (Å²) in [5.74, 6) is 5.64. The number of carbonyl (C=O) groups is 1. The average molecular weight is 256 g/mol. The largest absolute Gasteiger partial charge is 0.311 e. The first-order valence-electron chi connectivity index (χ1n) is 5.89. The number of pyridine rings is 1. The zero-order valence-electron chi connectivity index (χ0n) is 10.9. The van der Waals surface area contributed by atoms with E-state index in [2.05, 4.69) is 10.4 Å². The number of carbonyl (C=O) groups excluding carboxylic acids is 1. The van der Waals surface area contributed by atoms with Crippen molar-refractivity contribution in [1.82, 2.24) is 4.98 Å². The number of nitrogens with zero attached hydrogens (tertiary/aromatic N) is 2. The van der Waals surface area contributed by atoms with Crippen molar-refractivity contribution in [1.29, 1.82) is 0 Å². The molecule has 0 bridgehead atoms. The molecule has 1 aromatic heterocycles. The fourth-order valence-electron chi connectivity index (χ4n) is 1.79. The summed E-state index contributed by atoms with van der Waals surface area (Å²) >= 11 is 0. The number of benzene rings is 1. The first-order valence-corrected chi connectivity index (χ1v) is 5.89. The third-order valence-electron chi connectivity index (χ3n) is 2.85. The van der Waals surface area contributed by atoms with Crippen LogP contribution < -0.4 is 16.2 Å². The van der Waals surface area contributed by atoms with E-state index in [0.29, 0.717) is 11.4 Å². The number of amides is 1. The lowest BCUT2D eigenvalue weighted by molar-refractivity contribution is 0.0993. The first-order chi connectivity index (χ1) is 9.11. The molecule has 0 fully saturated rings. The Morgan fingerprint density at radius 3 is 2.79 bits per heavy atom. The Balaban J connectivity index is 2.28. The van der Waals surface area contributed by atoms with Crippen LogP contribution in [0.25, 0.3) is 0 Å². The number of aryl methyl sites for hydroxylation is 1. The molecule has 2 aromatic rings. The highest BCUT2D eigenvalue weighted by Crippen LogP contribution is 2.17. The smallest absolute Gasteiger partial charge is 0.258 e. The molecule has 98 valence electrons. The lowest BCUT2D eigenvalue weighted by atomic mass is 10.2. The van der Waals surface area contributed by atoms with Gasteiger partial charge in [0.1, 0.15) is 5.82 Å². The predicted octanol–water partition coefficient (Wildman–Crippen LogP) is 1.95. The monoisotopic (exact) mass is 256 g/mol. The molecule has 5 nitrogen and oxygen atoms in total. The van der Waals surface area contributed by atoms with Crippen LogP contribution in [0, 0.1) is 6.92 Å². The molecule has 1 amide bonds. The molecule has 0 aliphatic carbocycles. The minimum atomic E-state index is -0.107. The summed E-state index contributed by atoms with van der Waals surface area (Å²) in [6, 6.07) is 11.1. The standard InChI is InChI=1S/C14H16N4O/c1-10-4-3-5-12(8-10)18(2)14(19)11-6-7-16-13(9-11)17-15/h3-9H,15H2,1-2H3,(H,16,17). The first kappa shape index (κ1) is 13.0. The van der Waals surface area contributed by atoms with Crippen LogP contribution in [0.3, 0.4) is 0 Å². The summed E-state index contributed by atoms with van der Waals surface area (Å²) in [5, 5.41) is 0. The van der Waals surface area contributed by atoms with Crippen molar-refractivity contribution in [3.8, 4) is 0 Å². The van der Waals surface area contributed by atoms with E-state index in [4.69, 9.17) is 5.84 Å². The number of hydrogen-bond acceptors (Lipinski definition) is 4. The Hall–Kier alpha value is -2.40. The van der Waals surface area contributed by atoms with Gasteiger partial charge in [0.25, 0.3) is 5.91 Å². The van der Waals surface area contributed by atoms with E-state index < -0.39 is 0 Å². The Kier molecular flexibility index (Phi) is 3.77. The maximum atomic E-state index is 12.4. The number of anilines is 2. The Bertz CT molecular complexity index is 598. The van der Waals surface area contributed by atoms with E-state index in [1.165, 1.54) is 0 Å². The average Bonchev–Trinajstić information content (AvgIpc) is 2.45. The van der Waals surface area contributed by atoms with Gasteiger partial charge in [-0.2, -0.15) is 0 Å². The van der Waals surface area contributed by atoms with E-state index in [-0.39, 0.29) is 5.91 Å². The van der Waals surface area contributed by atoms with Crippen LogP contribution in [0.15, 0.2) is 42.6 Å². The molecule has 1 aromatic carbocycles. The molecule has 0 atom stereocenters. The topological polar surface area (TPSA) is 71.2 Å². The van der Waals surface area contributed by atoms with Crippen LogP contribution >= 0.6 is 0 Å². The molecule has 0 unspecified atom stereocenters. The second-order valence-electron chi connectivity index (χ2n) is 4.28. The number of hydrazine groups is 1. The minimum Gasteiger partial charge on any atom is -0.311 e. The molecular formula is C14H16N4O. The fraction of sp³-hybridized carbons (Fsp3) is 0.143. The van der Waals surface area contributed by atoms with Crippen molar-refractivity contribution in [2.75, 3.05) is 17.4 Å². The number of nitrogens with one attached hydrogen (secondary N) is 1. The maximum Gasteiger partial charge on any atom is 0.258 e. The van der Waals surface area contributed by atoms with Gasteiger partial charge < -0.3 is 10.3 Å². The minimum absolute atomic E-state index is 0.107. The maximum absolute atomic E-state index is 12.4. The van der Waals surface area contributed by atoms with Gasteiger partial charge in [-0.1, -0.05) is 12.1 Å². The molecule has 0 aliphatic rings. The second-order valence-corrected chi connectivity index (χ2v) is 4.28. The Morgan fingerprint density at radius 1 is 1.32 bits per heavy atom. The van der Waals surface area contributed by atoms with Gasteiger partial charge in [-0.15, -0.1) is 0 Å². The van der Waals surface area contributed by atoms with E-state index in [9.17, 15) is 4.79 Å². The second kappa shape index (κ2) is 5.49. The van der Waals surface area contributed by atoms with Gasteiger partial charge in [0.2, 0.25) is 0 Å². The molecule has 0 saturated heterocycles. The van der Waals surface area contributed by atoms with Gasteiger partial charge in [-0.25, -0.2) is 10.8 Å². The van der Waals surface area contributed by atoms with Crippen molar-refractivity contribution in [2.45, 2.75) is 6.92 Å². The molecular weight excluding hydrogens is 240 g/mol. The van der Waals surface area contributed by atoms with Crippen molar-refractivity contribution >= 4 is 17.4 Å². The fourth-order valence-corrected chi connectivity index (χ4v) is 1.79. The Morgan fingerprint density at radius 2 is 2.11 bits per heavy atom. The highest BCUT2D eigenvalue weighted by molar-refractivity contribution is 6.06. The van der Waals surface area contributed by atoms with Gasteiger partial charge in [0.05, 0.1) is 0 Å². The molecule has 0 aliphatic heterocycles. The third kappa shape index (κ3) is 2.89. The van der Waals surface area contributed by atoms with E-state index in [0.717, 1.165) is 11.3 Å². The molecule has 2 rings (SSSR count). The SMILES string of the molecule is Cc1cccc(N(C)C(=O)c2ccnc(NN)c2)c1. The van der Waals surface area contributed by atoms with Crippen LogP contribution in [-0.2, 0) is 0 Å². The molecule has 0 radical (unpaired) electrons. The lowest BCUT2D eigenvalue weighted by Crippen LogP contribution is -2.26. The van der Waals surface area contributed by atoms with E-state index in [1.54, 1.807) is 30.3 Å².